The van der Waals surface area contributed by atoms with Crippen molar-refractivity contribution < 1.29 is 9.26 Å². The molecule has 1 aromatic carbocycles. The Balaban J connectivity index is 1.25. The fourth-order valence-corrected chi connectivity index (χ4v) is 4.03. The van der Waals surface area contributed by atoms with Crippen molar-refractivity contribution in [3.05, 3.63) is 53.4 Å². The number of aliphatic imine (C=N–C) groups is 1. The quantitative estimate of drug-likeness (QED) is 0.568. The highest BCUT2D eigenvalue weighted by atomic mass is 16.5. The molecule has 0 aliphatic carbocycles. The Morgan fingerprint density at radius 2 is 1.77 bits per heavy atom. The van der Waals surface area contributed by atoms with Crippen LogP contribution in [0.2, 0.25) is 0 Å². The van der Waals surface area contributed by atoms with Crippen LogP contribution in [0.4, 0.5) is 0 Å². The van der Waals surface area contributed by atoms with Gasteiger partial charge in [0.25, 0.3) is 0 Å². The van der Waals surface area contributed by atoms with Crippen LogP contribution in [-0.4, -0.2) is 85.3 Å². The van der Waals surface area contributed by atoms with Crippen LogP contribution in [-0.2, 0) is 24.4 Å². The Bertz CT molecular complexity index is 796. The fraction of sp³-hybridized carbons (Fsp3) is 0.545. The van der Waals surface area contributed by atoms with E-state index >= 15 is 0 Å². The molecule has 0 atom stereocenters. The van der Waals surface area contributed by atoms with Gasteiger partial charge in [0, 0.05) is 72.0 Å². The first kappa shape index (κ1) is 20.8. The average molecular weight is 413 g/mol. The summed E-state index contributed by atoms with van der Waals surface area (Å²) in [7, 11) is 1.86. The molecule has 0 unspecified atom stereocenters. The van der Waals surface area contributed by atoms with E-state index in [9.17, 15) is 0 Å². The maximum Gasteiger partial charge on any atom is 0.194 e. The highest BCUT2D eigenvalue weighted by Gasteiger charge is 2.20. The van der Waals surface area contributed by atoms with Gasteiger partial charge in [-0.3, -0.25) is 14.8 Å². The second kappa shape index (κ2) is 10.6. The molecule has 162 valence electrons. The van der Waals surface area contributed by atoms with Crippen LogP contribution >= 0.6 is 0 Å². The smallest absolute Gasteiger partial charge is 0.194 e. The van der Waals surface area contributed by atoms with Crippen molar-refractivity contribution >= 4 is 5.96 Å². The van der Waals surface area contributed by atoms with Crippen molar-refractivity contribution in [3.63, 3.8) is 0 Å². The average Bonchev–Trinajstić information content (AvgIpc) is 3.29. The number of rotatable bonds is 6. The van der Waals surface area contributed by atoms with Gasteiger partial charge in [-0.15, -0.1) is 0 Å². The Morgan fingerprint density at radius 1 is 1.00 bits per heavy atom. The third-order valence-corrected chi connectivity index (χ3v) is 5.71. The van der Waals surface area contributed by atoms with Crippen LogP contribution in [0, 0.1) is 0 Å². The summed E-state index contributed by atoms with van der Waals surface area (Å²) in [6.07, 6.45) is 1.63. The SMILES string of the molecule is CN=C(NCc1cccc(CN2CCOCC2)c1)N1CCN(Cc2ccon2)CC1. The number of piperazine rings is 1. The largest absolute Gasteiger partial charge is 0.379 e. The van der Waals surface area contributed by atoms with Crippen molar-refractivity contribution in [2.24, 2.45) is 4.99 Å². The minimum Gasteiger partial charge on any atom is -0.379 e. The van der Waals surface area contributed by atoms with E-state index in [2.05, 4.69) is 54.4 Å². The molecule has 2 aliphatic rings. The van der Waals surface area contributed by atoms with Crippen LogP contribution < -0.4 is 5.32 Å². The number of ether oxygens (including phenoxy) is 1. The van der Waals surface area contributed by atoms with Crippen LogP contribution in [0.25, 0.3) is 0 Å². The molecule has 2 aliphatic heterocycles. The number of hydrogen-bond donors (Lipinski definition) is 1. The zero-order valence-electron chi connectivity index (χ0n) is 17.8. The molecule has 30 heavy (non-hydrogen) atoms. The second-order valence-electron chi connectivity index (χ2n) is 7.86. The monoisotopic (exact) mass is 412 g/mol. The standard InChI is InChI=1S/C22H32N6O2/c1-23-22(28-8-6-26(7-9-28)18-21-5-12-30-25-21)24-16-19-3-2-4-20(15-19)17-27-10-13-29-14-11-27/h2-5,12,15H,6-11,13-14,16-18H2,1H3,(H,23,24). The van der Waals surface area contributed by atoms with Crippen LogP contribution in [0.5, 0.6) is 0 Å². The van der Waals surface area contributed by atoms with Crippen molar-refractivity contribution in [2.75, 3.05) is 59.5 Å². The van der Waals surface area contributed by atoms with Crippen molar-refractivity contribution in [1.82, 2.24) is 25.2 Å². The predicted molar refractivity (Wildman–Crippen MR) is 116 cm³/mol. The first-order chi connectivity index (χ1) is 14.8. The van der Waals surface area contributed by atoms with Gasteiger partial charge in [0.1, 0.15) is 6.26 Å². The third-order valence-electron chi connectivity index (χ3n) is 5.71. The zero-order valence-corrected chi connectivity index (χ0v) is 17.8. The Labute approximate surface area is 178 Å². The van der Waals surface area contributed by atoms with Crippen molar-refractivity contribution in [3.8, 4) is 0 Å². The first-order valence-corrected chi connectivity index (χ1v) is 10.8. The molecular weight excluding hydrogens is 380 g/mol. The van der Waals surface area contributed by atoms with E-state index in [1.165, 1.54) is 11.1 Å². The number of guanidine groups is 1. The maximum absolute atomic E-state index is 5.45. The summed E-state index contributed by atoms with van der Waals surface area (Å²) in [5.74, 6) is 0.967. The molecular formula is C22H32N6O2. The molecule has 3 heterocycles. The molecule has 8 heteroatoms. The summed E-state index contributed by atoms with van der Waals surface area (Å²) in [6, 6.07) is 10.8. The number of benzene rings is 1. The lowest BCUT2D eigenvalue weighted by Gasteiger charge is -2.36. The summed E-state index contributed by atoms with van der Waals surface area (Å²) < 4.78 is 10.4. The van der Waals surface area contributed by atoms with Gasteiger partial charge in [-0.1, -0.05) is 29.4 Å². The maximum atomic E-state index is 5.45. The van der Waals surface area contributed by atoms with Crippen LogP contribution in [0.1, 0.15) is 16.8 Å². The van der Waals surface area contributed by atoms with E-state index in [4.69, 9.17) is 9.26 Å². The first-order valence-electron chi connectivity index (χ1n) is 10.8. The summed E-state index contributed by atoms with van der Waals surface area (Å²) in [5.41, 5.74) is 3.63. The molecule has 2 fully saturated rings. The summed E-state index contributed by atoms with van der Waals surface area (Å²) in [6.45, 7) is 10.2. The van der Waals surface area contributed by atoms with Gasteiger partial charge in [0.05, 0.1) is 18.9 Å². The fourth-order valence-electron chi connectivity index (χ4n) is 4.03. The highest BCUT2D eigenvalue weighted by Crippen LogP contribution is 2.11. The zero-order chi connectivity index (χ0) is 20.6. The molecule has 4 rings (SSSR count). The molecule has 8 nitrogen and oxygen atoms in total. The van der Waals surface area contributed by atoms with Gasteiger partial charge in [0.15, 0.2) is 5.96 Å². The van der Waals surface area contributed by atoms with Gasteiger partial charge in [-0.05, 0) is 11.1 Å². The second-order valence-corrected chi connectivity index (χ2v) is 7.86. The summed E-state index contributed by atoms with van der Waals surface area (Å²) in [4.78, 5) is 11.7. The van der Waals surface area contributed by atoms with E-state index in [0.717, 1.165) is 83.8 Å². The summed E-state index contributed by atoms with van der Waals surface area (Å²) >= 11 is 0. The number of aromatic nitrogens is 1. The van der Waals surface area contributed by atoms with Gasteiger partial charge in [0.2, 0.25) is 0 Å². The predicted octanol–water partition coefficient (Wildman–Crippen LogP) is 1.40. The number of hydrogen-bond acceptors (Lipinski definition) is 6. The Kier molecular flexibility index (Phi) is 7.34. The summed E-state index contributed by atoms with van der Waals surface area (Å²) in [5, 5.41) is 7.56. The Morgan fingerprint density at radius 3 is 2.50 bits per heavy atom. The Hall–Kier alpha value is -2.42. The molecule has 1 aromatic heterocycles. The van der Waals surface area contributed by atoms with Gasteiger partial charge >= 0.3 is 0 Å². The van der Waals surface area contributed by atoms with Gasteiger partial charge in [-0.2, -0.15) is 0 Å². The topological polar surface area (TPSA) is 69.4 Å². The van der Waals surface area contributed by atoms with Crippen molar-refractivity contribution in [2.45, 2.75) is 19.6 Å². The number of nitrogens with zero attached hydrogens (tertiary/aromatic N) is 5. The van der Waals surface area contributed by atoms with E-state index in [1.54, 1.807) is 6.26 Å². The molecule has 1 N–H and O–H groups in total. The van der Waals surface area contributed by atoms with Gasteiger partial charge in [-0.25, -0.2) is 0 Å². The van der Waals surface area contributed by atoms with Gasteiger partial charge < -0.3 is 19.5 Å². The molecule has 0 saturated carbocycles. The molecule has 0 spiro atoms. The molecule has 2 saturated heterocycles. The molecule has 2 aromatic rings. The lowest BCUT2D eigenvalue weighted by Crippen LogP contribution is -2.52. The lowest BCUT2D eigenvalue weighted by atomic mass is 10.1. The molecule has 0 radical (unpaired) electrons. The number of morpholine rings is 1. The van der Waals surface area contributed by atoms with Crippen LogP contribution in [0.15, 0.2) is 46.1 Å². The van der Waals surface area contributed by atoms with E-state index < -0.39 is 0 Å². The van der Waals surface area contributed by atoms with Crippen molar-refractivity contribution in [1.29, 1.82) is 0 Å². The highest BCUT2D eigenvalue weighted by molar-refractivity contribution is 5.80. The molecule has 0 bridgehead atoms. The minimum absolute atomic E-state index is 0.781. The minimum atomic E-state index is 0.781. The lowest BCUT2D eigenvalue weighted by molar-refractivity contribution is 0.0342. The van der Waals surface area contributed by atoms with Crippen LogP contribution in [0.3, 0.4) is 0 Å². The number of nitrogens with one attached hydrogen (secondary N) is 1. The normalized spacial score (nSPS) is 19.2. The molecule has 0 amide bonds. The van der Waals surface area contributed by atoms with E-state index in [0.29, 0.717) is 0 Å². The van der Waals surface area contributed by atoms with E-state index in [-0.39, 0.29) is 0 Å². The van der Waals surface area contributed by atoms with E-state index in [1.807, 2.05) is 13.1 Å². The third kappa shape index (κ3) is 5.81.